The van der Waals surface area contributed by atoms with Gasteiger partial charge in [0.2, 0.25) is 0 Å². The largest absolute Gasteiger partial charge is 0.337 e. The summed E-state index contributed by atoms with van der Waals surface area (Å²) in [5, 5.41) is 0. The zero-order chi connectivity index (χ0) is 13.3. The zero-order valence-electron chi connectivity index (χ0n) is 9.85. The summed E-state index contributed by atoms with van der Waals surface area (Å²) in [6.45, 7) is 0.496. The van der Waals surface area contributed by atoms with E-state index in [4.69, 9.17) is 0 Å². The Morgan fingerprint density at radius 1 is 1.56 bits per heavy atom. The number of carbonyl (C=O) groups is 1. The van der Waals surface area contributed by atoms with Crippen molar-refractivity contribution in [3.05, 3.63) is 37.4 Å². The van der Waals surface area contributed by atoms with Crippen molar-refractivity contribution in [3.8, 4) is 0 Å². The Balaban J connectivity index is 2.12. The molecule has 7 heteroatoms. The van der Waals surface area contributed by atoms with E-state index in [1.54, 1.807) is 18.1 Å². The van der Waals surface area contributed by atoms with E-state index in [0.29, 0.717) is 11.4 Å². The number of hydrogen-bond donors (Lipinski definition) is 0. The Hall–Kier alpha value is -0.660. The van der Waals surface area contributed by atoms with Gasteiger partial charge in [-0.05, 0) is 37.9 Å². The van der Waals surface area contributed by atoms with E-state index in [2.05, 4.69) is 36.8 Å². The number of imidazole rings is 1. The molecule has 0 radical (unpaired) electrons. The number of aryl methyl sites for hydroxylation is 1. The average molecular weight is 393 g/mol. The van der Waals surface area contributed by atoms with Crippen LogP contribution in [0.4, 0.5) is 0 Å². The van der Waals surface area contributed by atoms with Crippen LogP contribution in [0.5, 0.6) is 0 Å². The summed E-state index contributed by atoms with van der Waals surface area (Å²) in [4.78, 5) is 18.8. The number of aromatic nitrogens is 2. The number of carbonyl (C=O) groups excluding carboxylic acids is 1. The van der Waals surface area contributed by atoms with Gasteiger partial charge in [0.15, 0.2) is 0 Å². The highest BCUT2D eigenvalue weighted by Gasteiger charge is 2.17. The molecule has 2 heterocycles. The van der Waals surface area contributed by atoms with Crippen molar-refractivity contribution in [2.45, 2.75) is 6.54 Å². The van der Waals surface area contributed by atoms with E-state index in [0.717, 1.165) is 14.1 Å². The fourth-order valence-corrected chi connectivity index (χ4v) is 3.50. The first kappa shape index (κ1) is 13.8. The number of hydrogen-bond acceptors (Lipinski definition) is 3. The first-order valence-corrected chi connectivity index (χ1v) is 7.55. The predicted octanol–water partition coefficient (Wildman–Crippen LogP) is 3.28. The van der Waals surface area contributed by atoms with Crippen molar-refractivity contribution in [1.29, 1.82) is 0 Å². The molecule has 0 aliphatic carbocycles. The molecule has 2 aromatic rings. The van der Waals surface area contributed by atoms with Crippen molar-refractivity contribution in [2.75, 3.05) is 7.05 Å². The second-order valence-electron chi connectivity index (χ2n) is 3.85. The van der Waals surface area contributed by atoms with Crippen LogP contribution in [0.1, 0.15) is 15.5 Å². The van der Waals surface area contributed by atoms with Gasteiger partial charge < -0.3 is 9.47 Å². The van der Waals surface area contributed by atoms with Gasteiger partial charge in [0.1, 0.15) is 5.82 Å². The summed E-state index contributed by atoms with van der Waals surface area (Å²) < 4.78 is 3.74. The van der Waals surface area contributed by atoms with Crippen LogP contribution in [0, 0.1) is 0 Å². The number of rotatable bonds is 3. The number of amides is 1. The minimum Gasteiger partial charge on any atom is -0.337 e. The fourth-order valence-electron chi connectivity index (χ4n) is 1.47. The molecule has 18 heavy (non-hydrogen) atoms. The van der Waals surface area contributed by atoms with Crippen molar-refractivity contribution in [1.82, 2.24) is 14.5 Å². The van der Waals surface area contributed by atoms with E-state index in [1.807, 2.05) is 23.9 Å². The van der Waals surface area contributed by atoms with E-state index in [1.165, 1.54) is 11.3 Å². The second kappa shape index (κ2) is 5.54. The van der Waals surface area contributed by atoms with Gasteiger partial charge in [-0.1, -0.05) is 0 Å². The summed E-state index contributed by atoms with van der Waals surface area (Å²) in [5.74, 6) is 0.856. The Morgan fingerprint density at radius 2 is 2.28 bits per heavy atom. The lowest BCUT2D eigenvalue weighted by Crippen LogP contribution is -2.26. The molecule has 0 fully saturated rings. The van der Waals surface area contributed by atoms with Crippen LogP contribution in [-0.4, -0.2) is 27.4 Å². The van der Waals surface area contributed by atoms with Gasteiger partial charge in [0.25, 0.3) is 5.91 Å². The van der Waals surface area contributed by atoms with Crippen LogP contribution in [0.15, 0.2) is 26.7 Å². The lowest BCUT2D eigenvalue weighted by molar-refractivity contribution is 0.0785. The number of nitrogens with zero attached hydrogens (tertiary/aromatic N) is 3. The van der Waals surface area contributed by atoms with Gasteiger partial charge in [-0.15, -0.1) is 11.3 Å². The Morgan fingerprint density at radius 3 is 2.78 bits per heavy atom. The lowest BCUT2D eigenvalue weighted by atomic mass is 10.4. The van der Waals surface area contributed by atoms with Crippen molar-refractivity contribution >= 4 is 49.1 Å². The molecule has 0 aliphatic rings. The summed E-state index contributed by atoms with van der Waals surface area (Å²) >= 11 is 8.19. The minimum absolute atomic E-state index is 0.00519. The third kappa shape index (κ3) is 2.84. The molecule has 0 aliphatic heterocycles. The Labute approximate surface area is 126 Å². The first-order valence-electron chi connectivity index (χ1n) is 5.15. The molecule has 1 amide bonds. The molecule has 2 rings (SSSR count). The van der Waals surface area contributed by atoms with Crippen LogP contribution in [-0.2, 0) is 13.6 Å². The Bertz CT molecular complexity index is 559. The van der Waals surface area contributed by atoms with E-state index >= 15 is 0 Å². The summed E-state index contributed by atoms with van der Waals surface area (Å²) in [6.07, 6.45) is 3.60. The second-order valence-corrected chi connectivity index (χ2v) is 7.07. The van der Waals surface area contributed by atoms with Crippen LogP contribution in [0.3, 0.4) is 0 Å². The third-order valence-corrected chi connectivity index (χ3v) is 5.75. The van der Waals surface area contributed by atoms with Gasteiger partial charge in [0, 0.05) is 31.0 Å². The lowest BCUT2D eigenvalue weighted by Gasteiger charge is -2.15. The van der Waals surface area contributed by atoms with Gasteiger partial charge in [0.05, 0.1) is 15.2 Å². The fraction of sp³-hybridized carbons (Fsp3) is 0.273. The van der Waals surface area contributed by atoms with Gasteiger partial charge in [-0.25, -0.2) is 4.98 Å². The first-order chi connectivity index (χ1) is 8.49. The minimum atomic E-state index is -0.00519. The third-order valence-electron chi connectivity index (χ3n) is 2.50. The molecule has 0 spiro atoms. The van der Waals surface area contributed by atoms with Crippen LogP contribution < -0.4 is 0 Å². The normalized spacial score (nSPS) is 10.7. The molecule has 0 unspecified atom stereocenters. The SMILES string of the molecule is CN(Cc1nccn1C)C(=O)c1cc(Br)c(Br)s1. The summed E-state index contributed by atoms with van der Waals surface area (Å²) in [7, 11) is 3.69. The molecule has 0 bridgehead atoms. The van der Waals surface area contributed by atoms with Crippen LogP contribution >= 0.6 is 43.2 Å². The molecule has 0 saturated heterocycles. The summed E-state index contributed by atoms with van der Waals surface area (Å²) in [5.41, 5.74) is 0. The van der Waals surface area contributed by atoms with Gasteiger partial charge in [-0.2, -0.15) is 0 Å². The smallest absolute Gasteiger partial charge is 0.264 e. The van der Waals surface area contributed by atoms with E-state index in [9.17, 15) is 4.79 Å². The predicted molar refractivity (Wildman–Crippen MR) is 78.7 cm³/mol. The molecular weight excluding hydrogens is 382 g/mol. The monoisotopic (exact) mass is 391 g/mol. The van der Waals surface area contributed by atoms with E-state index < -0.39 is 0 Å². The van der Waals surface area contributed by atoms with Crippen LogP contribution in [0.25, 0.3) is 0 Å². The molecular formula is C11H11Br2N3OS. The zero-order valence-corrected chi connectivity index (χ0v) is 13.8. The van der Waals surface area contributed by atoms with Crippen molar-refractivity contribution < 1.29 is 4.79 Å². The highest BCUT2D eigenvalue weighted by atomic mass is 79.9. The number of halogens is 2. The molecule has 0 aromatic carbocycles. The molecule has 0 saturated carbocycles. The molecule has 4 nitrogen and oxygen atoms in total. The molecule has 96 valence electrons. The maximum absolute atomic E-state index is 12.2. The maximum atomic E-state index is 12.2. The van der Waals surface area contributed by atoms with Crippen LogP contribution in [0.2, 0.25) is 0 Å². The van der Waals surface area contributed by atoms with Gasteiger partial charge in [-0.3, -0.25) is 4.79 Å². The van der Waals surface area contributed by atoms with Crippen molar-refractivity contribution in [2.24, 2.45) is 7.05 Å². The number of thiophene rings is 1. The average Bonchev–Trinajstić information content (AvgIpc) is 2.86. The molecule has 0 atom stereocenters. The standard InChI is InChI=1S/C11H11Br2N3OS/c1-15-4-3-14-9(15)6-16(2)11(17)8-5-7(12)10(13)18-8/h3-5H,6H2,1-2H3. The van der Waals surface area contributed by atoms with Gasteiger partial charge >= 0.3 is 0 Å². The van der Waals surface area contributed by atoms with Crippen molar-refractivity contribution in [3.63, 3.8) is 0 Å². The molecule has 2 aromatic heterocycles. The maximum Gasteiger partial charge on any atom is 0.264 e. The summed E-state index contributed by atoms with van der Waals surface area (Å²) in [6, 6.07) is 1.83. The highest BCUT2D eigenvalue weighted by Crippen LogP contribution is 2.32. The molecule has 0 N–H and O–H groups in total. The Kier molecular flexibility index (Phi) is 4.24. The topological polar surface area (TPSA) is 38.1 Å². The highest BCUT2D eigenvalue weighted by molar-refractivity contribution is 9.13. The quantitative estimate of drug-likeness (QED) is 0.803. The van der Waals surface area contributed by atoms with E-state index in [-0.39, 0.29) is 5.91 Å².